The third-order valence-corrected chi connectivity index (χ3v) is 4.19. The lowest BCUT2D eigenvalue weighted by atomic mass is 9.93. The van der Waals surface area contributed by atoms with E-state index in [1.807, 2.05) is 0 Å². The van der Waals surface area contributed by atoms with Crippen molar-refractivity contribution < 1.29 is 0 Å². The van der Waals surface area contributed by atoms with Crippen molar-refractivity contribution in [1.29, 1.82) is 0 Å². The van der Waals surface area contributed by atoms with Gasteiger partial charge in [-0.15, -0.1) is 0 Å². The van der Waals surface area contributed by atoms with Gasteiger partial charge in [-0.05, 0) is 23.0 Å². The Morgan fingerprint density at radius 3 is 2.24 bits per heavy atom. The molecule has 1 aromatic carbocycles. The van der Waals surface area contributed by atoms with Crippen LogP contribution >= 0.6 is 11.5 Å². The Morgan fingerprint density at radius 2 is 1.76 bits per heavy atom. The highest BCUT2D eigenvalue weighted by atomic mass is 32.1. The summed E-state index contributed by atoms with van der Waals surface area (Å²) in [6, 6.07) is 6.24. The summed E-state index contributed by atoms with van der Waals surface area (Å²) in [4.78, 5) is 14.9. The number of H-pyrrole nitrogens is 1. The summed E-state index contributed by atoms with van der Waals surface area (Å²) in [7, 11) is 0. The second kappa shape index (κ2) is 6.15. The van der Waals surface area contributed by atoms with E-state index in [0.29, 0.717) is 16.8 Å². The summed E-state index contributed by atoms with van der Waals surface area (Å²) in [5.41, 5.74) is 3.21. The van der Waals surface area contributed by atoms with Gasteiger partial charge < -0.3 is 5.32 Å². The second-order valence-corrected chi connectivity index (χ2v) is 6.39. The highest BCUT2D eigenvalue weighted by molar-refractivity contribution is 7.11. The van der Waals surface area contributed by atoms with Crippen LogP contribution < -0.4 is 10.9 Å². The quantitative estimate of drug-likeness (QED) is 0.783. The zero-order valence-electron chi connectivity index (χ0n) is 12.7. The maximum atomic E-state index is 11.6. The number of hydrogen-bond acceptors (Lipinski definition) is 3. The Bertz CT molecular complexity index is 708. The molecule has 110 valence electrons. The molecule has 0 aliphatic heterocycles. The Labute approximate surface area is 128 Å². The summed E-state index contributed by atoms with van der Waals surface area (Å²) in [5.74, 6) is 0.719. The molecule has 21 heavy (non-hydrogen) atoms. The van der Waals surface area contributed by atoms with Crippen LogP contribution in [0, 0.1) is 6.57 Å². The van der Waals surface area contributed by atoms with Crippen molar-refractivity contribution in [2.45, 2.75) is 39.5 Å². The van der Waals surface area contributed by atoms with Crippen molar-refractivity contribution in [1.82, 2.24) is 4.37 Å². The van der Waals surface area contributed by atoms with E-state index in [4.69, 9.17) is 6.57 Å². The van der Waals surface area contributed by atoms with E-state index in [-0.39, 0.29) is 11.2 Å². The molecular weight excluding hydrogens is 282 g/mol. The summed E-state index contributed by atoms with van der Waals surface area (Å²) >= 11 is 1.17. The average molecular weight is 301 g/mol. The van der Waals surface area contributed by atoms with Crippen LogP contribution in [-0.4, -0.2) is 4.37 Å². The fourth-order valence-corrected chi connectivity index (χ4v) is 2.97. The van der Waals surface area contributed by atoms with Crippen molar-refractivity contribution in [3.8, 4) is 0 Å². The SMILES string of the molecule is [C-]#[N+]c1c(Nc2c(C(C)C)cccc2C(C)C)s[nH]c1=O. The van der Waals surface area contributed by atoms with Gasteiger partial charge in [0.15, 0.2) is 0 Å². The molecule has 0 atom stereocenters. The Hall–Kier alpha value is -2.06. The summed E-state index contributed by atoms with van der Waals surface area (Å²) < 4.78 is 2.62. The van der Waals surface area contributed by atoms with Crippen LogP contribution in [0.25, 0.3) is 4.85 Å². The fraction of sp³-hybridized carbons (Fsp3) is 0.375. The topological polar surface area (TPSA) is 49.2 Å². The maximum absolute atomic E-state index is 11.6. The van der Waals surface area contributed by atoms with Gasteiger partial charge in [0, 0.05) is 5.69 Å². The molecule has 0 saturated heterocycles. The van der Waals surface area contributed by atoms with Crippen molar-refractivity contribution >= 4 is 27.9 Å². The highest BCUT2D eigenvalue weighted by Gasteiger charge is 2.17. The van der Waals surface area contributed by atoms with E-state index >= 15 is 0 Å². The number of rotatable bonds is 4. The van der Waals surface area contributed by atoms with E-state index < -0.39 is 0 Å². The first-order valence-corrected chi connectivity index (χ1v) is 7.76. The molecule has 4 nitrogen and oxygen atoms in total. The normalized spacial score (nSPS) is 10.9. The van der Waals surface area contributed by atoms with E-state index in [0.717, 1.165) is 5.69 Å². The molecule has 0 aliphatic carbocycles. The van der Waals surface area contributed by atoms with E-state index in [1.54, 1.807) is 0 Å². The molecule has 0 spiro atoms. The van der Waals surface area contributed by atoms with Crippen LogP contribution in [0.1, 0.15) is 50.7 Å². The summed E-state index contributed by atoms with van der Waals surface area (Å²) in [5, 5.41) is 3.91. The number of nitrogens with one attached hydrogen (secondary N) is 2. The van der Waals surface area contributed by atoms with Gasteiger partial charge >= 0.3 is 0 Å². The van der Waals surface area contributed by atoms with E-state index in [9.17, 15) is 4.79 Å². The van der Waals surface area contributed by atoms with Gasteiger partial charge in [-0.25, -0.2) is 4.85 Å². The average Bonchev–Trinajstić information content (AvgIpc) is 2.78. The summed E-state index contributed by atoms with van der Waals surface area (Å²) in [6.07, 6.45) is 0. The Kier molecular flexibility index (Phi) is 4.49. The van der Waals surface area contributed by atoms with Gasteiger partial charge in [-0.2, -0.15) is 0 Å². The van der Waals surface area contributed by atoms with Crippen molar-refractivity contribution in [2.75, 3.05) is 5.32 Å². The first-order valence-electron chi connectivity index (χ1n) is 6.94. The second-order valence-electron chi connectivity index (χ2n) is 5.57. The lowest BCUT2D eigenvalue weighted by Crippen LogP contribution is -2.03. The minimum atomic E-state index is -0.328. The molecule has 0 aliphatic rings. The fourth-order valence-electron chi connectivity index (χ4n) is 2.29. The smallest absolute Gasteiger partial charge is 0.285 e. The molecule has 0 saturated carbocycles. The minimum absolute atomic E-state index is 0.133. The van der Waals surface area contributed by atoms with Crippen molar-refractivity contribution in [3.63, 3.8) is 0 Å². The van der Waals surface area contributed by atoms with Crippen LogP contribution in [-0.2, 0) is 0 Å². The predicted molar refractivity (Wildman–Crippen MR) is 89.1 cm³/mol. The van der Waals surface area contributed by atoms with Gasteiger partial charge in [-0.3, -0.25) is 9.17 Å². The first kappa shape index (κ1) is 15.3. The predicted octanol–water partition coefficient (Wildman–Crippen LogP) is 4.98. The Morgan fingerprint density at radius 1 is 1.19 bits per heavy atom. The molecule has 0 fully saturated rings. The van der Waals surface area contributed by atoms with E-state index in [1.165, 1.54) is 22.7 Å². The molecule has 0 radical (unpaired) electrons. The zero-order chi connectivity index (χ0) is 15.6. The van der Waals surface area contributed by atoms with Crippen molar-refractivity contribution in [3.05, 3.63) is 51.1 Å². The number of aromatic amines is 1. The van der Waals surface area contributed by atoms with Crippen LogP contribution in [0.2, 0.25) is 0 Å². The first-order chi connectivity index (χ1) is 9.95. The van der Waals surface area contributed by atoms with Gasteiger partial charge in [0.05, 0.1) is 6.57 Å². The third kappa shape index (κ3) is 3.01. The minimum Gasteiger partial charge on any atom is -0.354 e. The molecule has 0 unspecified atom stereocenters. The van der Waals surface area contributed by atoms with Gasteiger partial charge in [0.1, 0.15) is 5.00 Å². The molecular formula is C16H19N3OS. The molecule has 2 N–H and O–H groups in total. The van der Waals surface area contributed by atoms with Gasteiger partial charge in [0.2, 0.25) is 0 Å². The third-order valence-electron chi connectivity index (χ3n) is 3.40. The van der Waals surface area contributed by atoms with Gasteiger partial charge in [-0.1, -0.05) is 57.4 Å². The number of benzene rings is 1. The van der Waals surface area contributed by atoms with Gasteiger partial charge in [0.25, 0.3) is 11.2 Å². The highest BCUT2D eigenvalue weighted by Crippen LogP contribution is 2.37. The number of anilines is 2. The van der Waals surface area contributed by atoms with Crippen LogP contribution in [0.4, 0.5) is 16.4 Å². The maximum Gasteiger partial charge on any atom is 0.285 e. The standard InChI is InChI=1S/C16H19N3OS/c1-9(2)11-7-6-8-12(10(3)4)13(11)18-16-14(17-5)15(20)19-21-16/h6-10,18H,1-4H3,(H,19,20). The largest absolute Gasteiger partial charge is 0.354 e. The Balaban J connectivity index is 2.57. The van der Waals surface area contributed by atoms with Crippen LogP contribution in [0.15, 0.2) is 23.0 Å². The summed E-state index contributed by atoms with van der Waals surface area (Å²) in [6.45, 7) is 15.7. The van der Waals surface area contributed by atoms with Crippen molar-refractivity contribution in [2.24, 2.45) is 0 Å². The van der Waals surface area contributed by atoms with Crippen LogP contribution in [0.3, 0.4) is 0 Å². The molecule has 2 rings (SSSR count). The molecule has 5 heteroatoms. The van der Waals surface area contributed by atoms with E-state index in [2.05, 4.69) is 60.4 Å². The van der Waals surface area contributed by atoms with Crippen LogP contribution in [0.5, 0.6) is 0 Å². The molecule has 2 aromatic rings. The molecule has 0 amide bonds. The molecule has 1 heterocycles. The number of hydrogen-bond donors (Lipinski definition) is 2. The molecule has 0 bridgehead atoms. The molecule has 1 aromatic heterocycles. The zero-order valence-corrected chi connectivity index (χ0v) is 13.5. The lowest BCUT2D eigenvalue weighted by molar-refractivity contribution is 0.838. The number of aromatic nitrogens is 1. The monoisotopic (exact) mass is 301 g/mol. The number of nitrogens with zero attached hydrogens (tertiary/aromatic N) is 1. The lowest BCUT2D eigenvalue weighted by Gasteiger charge is -2.20. The number of para-hydroxylation sites is 1.